The monoisotopic (exact) mass is 1260 g/mol. The van der Waals surface area contributed by atoms with E-state index in [0.717, 1.165) is 45.5 Å². The molecule has 0 fully saturated rings. The Morgan fingerprint density at radius 1 is 0.299 bits per heavy atom. The first-order valence-electron chi connectivity index (χ1n) is 29.7. The van der Waals surface area contributed by atoms with Crippen molar-refractivity contribution in [2.45, 2.75) is 0 Å². The van der Waals surface area contributed by atoms with Gasteiger partial charge in [-0.3, -0.25) is 0 Å². The van der Waals surface area contributed by atoms with Crippen molar-refractivity contribution in [2.24, 2.45) is 0 Å². The van der Waals surface area contributed by atoms with Gasteiger partial charge in [0.1, 0.15) is 0 Å². The van der Waals surface area contributed by atoms with E-state index in [2.05, 4.69) is 323 Å². The predicted molar refractivity (Wildman–Crippen MR) is 376 cm³/mol. The van der Waals surface area contributed by atoms with Crippen LogP contribution in [0.15, 0.2) is 303 Å². The van der Waals surface area contributed by atoms with Crippen molar-refractivity contribution in [1.82, 2.24) is 0 Å². The van der Waals surface area contributed by atoms with Gasteiger partial charge in [0.05, 0.1) is 0 Å². The SMILES string of the molecule is c1ccc(N(c2ccccc2)c2cc3c4c(c2)N(c2ccccc2)c2ccccc2B4c2cc4c(c(-c5ccc6sc7ccccc7c6c5)c2[Se]3)[Se]c2cc(N(c3ccccc3)c3ccccc3)cc3c2B4c2ccccc2N3c2ccccc2)cc1. The summed E-state index contributed by atoms with van der Waals surface area (Å²) in [7, 11) is 0. The van der Waals surface area contributed by atoms with Gasteiger partial charge >= 0.3 is 528 Å². The first kappa shape index (κ1) is 50.7. The fraction of sp³-hybridized carbons (Fsp3) is 0. The molecule has 0 aliphatic carbocycles. The van der Waals surface area contributed by atoms with Crippen molar-refractivity contribution in [2.75, 3.05) is 19.6 Å². The number of hydrogen-bond acceptors (Lipinski definition) is 5. The van der Waals surface area contributed by atoms with Crippen LogP contribution in [0.2, 0.25) is 0 Å². The Kier molecular flexibility index (Phi) is 12.0. The molecule has 9 heteroatoms. The maximum absolute atomic E-state index is 2.75. The molecule has 14 aromatic rings. The van der Waals surface area contributed by atoms with Gasteiger partial charge in [0.15, 0.2) is 0 Å². The first-order valence-corrected chi connectivity index (χ1v) is 34.0. The van der Waals surface area contributed by atoms with Gasteiger partial charge in [0.25, 0.3) is 0 Å². The molecule has 0 amide bonds. The van der Waals surface area contributed by atoms with Crippen LogP contribution in [-0.4, -0.2) is 43.3 Å². The minimum absolute atomic E-state index is 0.0387. The zero-order valence-electron chi connectivity index (χ0n) is 47.0. The van der Waals surface area contributed by atoms with E-state index in [4.69, 9.17) is 0 Å². The molecule has 1 aromatic heterocycles. The van der Waals surface area contributed by atoms with E-state index in [-0.39, 0.29) is 43.3 Å². The van der Waals surface area contributed by atoms with Gasteiger partial charge in [-0.05, 0) is 0 Å². The van der Waals surface area contributed by atoms with Gasteiger partial charge in [-0.1, -0.05) is 0 Å². The fourth-order valence-corrected chi connectivity index (χ4v) is 21.3. The van der Waals surface area contributed by atoms with Crippen LogP contribution in [0.5, 0.6) is 0 Å². The topological polar surface area (TPSA) is 13.0 Å². The van der Waals surface area contributed by atoms with Crippen LogP contribution >= 0.6 is 11.3 Å². The summed E-state index contributed by atoms with van der Waals surface area (Å²) in [5.41, 5.74) is 25.1. The van der Waals surface area contributed by atoms with E-state index in [1.807, 2.05) is 11.3 Å². The van der Waals surface area contributed by atoms with Gasteiger partial charge in [0, 0.05) is 0 Å². The fourth-order valence-electron chi connectivity index (χ4n) is 14.3. The van der Waals surface area contributed by atoms with Crippen LogP contribution in [0.4, 0.5) is 68.2 Å². The number of fused-ring (bicyclic) bond motifs is 11. The zero-order valence-corrected chi connectivity index (χ0v) is 51.3. The summed E-state index contributed by atoms with van der Waals surface area (Å²) < 4.78 is 8.45. The molecule has 4 aliphatic rings. The van der Waals surface area contributed by atoms with Crippen molar-refractivity contribution in [3.05, 3.63) is 303 Å². The van der Waals surface area contributed by atoms with Gasteiger partial charge < -0.3 is 0 Å². The van der Waals surface area contributed by atoms with E-state index in [0.29, 0.717) is 0 Å². The van der Waals surface area contributed by atoms with Crippen molar-refractivity contribution in [1.29, 1.82) is 0 Å². The van der Waals surface area contributed by atoms with E-state index >= 15 is 0 Å². The molecular formula is C78H50B2N4SSe2. The molecular weight excluding hydrogens is 1200 g/mol. The summed E-state index contributed by atoms with van der Waals surface area (Å²) in [5.74, 6) is 0. The maximum atomic E-state index is 2.75. The van der Waals surface area contributed by atoms with Crippen molar-refractivity contribution >= 4 is 194 Å². The van der Waals surface area contributed by atoms with E-state index < -0.39 is 0 Å². The normalized spacial score (nSPS) is 13.1. The van der Waals surface area contributed by atoms with E-state index in [9.17, 15) is 0 Å². The summed E-state index contributed by atoms with van der Waals surface area (Å²) in [4.78, 5) is 10.1. The number of rotatable bonds is 9. The molecule has 18 rings (SSSR count). The zero-order chi connectivity index (χ0) is 57.1. The molecule has 0 unspecified atom stereocenters. The van der Waals surface area contributed by atoms with Crippen LogP contribution in [0, 0.1) is 0 Å². The van der Waals surface area contributed by atoms with Crippen LogP contribution in [0.25, 0.3) is 31.3 Å². The summed E-state index contributed by atoms with van der Waals surface area (Å²) in [6.45, 7) is -0.0774. The van der Waals surface area contributed by atoms with Crippen LogP contribution in [0.3, 0.4) is 0 Å². The second-order valence-electron chi connectivity index (χ2n) is 22.7. The molecule has 5 heterocycles. The van der Waals surface area contributed by atoms with Gasteiger partial charge in [-0.15, -0.1) is 0 Å². The minimum atomic E-state index is -0.148. The summed E-state index contributed by atoms with van der Waals surface area (Å²) in [6, 6.07) is 114. The van der Waals surface area contributed by atoms with Gasteiger partial charge in [-0.25, -0.2) is 0 Å². The molecule has 0 N–H and O–H groups in total. The molecule has 4 nitrogen and oxygen atoms in total. The Morgan fingerprint density at radius 3 is 1.15 bits per heavy atom. The number of thiophene rings is 1. The van der Waals surface area contributed by atoms with Crippen molar-refractivity contribution in [3.8, 4) is 11.1 Å². The number of benzene rings is 13. The third-order valence-corrected chi connectivity index (χ3v) is 24.0. The summed E-state index contributed by atoms with van der Waals surface area (Å²) in [6.07, 6.45) is 0. The molecule has 0 bridgehead atoms. The molecule has 13 aromatic carbocycles. The average Bonchev–Trinajstić information content (AvgIpc) is 1.04. The Balaban J connectivity index is 0.951. The number of nitrogens with zero attached hydrogens (tertiary/aromatic N) is 4. The summed E-state index contributed by atoms with van der Waals surface area (Å²) >= 11 is 1.61. The number of para-hydroxylation sites is 8. The van der Waals surface area contributed by atoms with E-state index in [1.165, 1.54) is 105 Å². The van der Waals surface area contributed by atoms with Gasteiger partial charge in [-0.2, -0.15) is 0 Å². The van der Waals surface area contributed by atoms with Crippen LogP contribution < -0.4 is 70.2 Å². The molecule has 4 aliphatic heterocycles. The summed E-state index contributed by atoms with van der Waals surface area (Å²) in [5, 5.41) is 2.65. The molecule has 87 heavy (non-hydrogen) atoms. The van der Waals surface area contributed by atoms with Crippen LogP contribution in [-0.2, 0) is 0 Å². The quantitative estimate of drug-likeness (QED) is 0.134. The third-order valence-electron chi connectivity index (χ3n) is 17.9. The second kappa shape index (κ2) is 20.6. The Hall–Kier alpha value is -9.55. The second-order valence-corrected chi connectivity index (χ2v) is 28.2. The molecule has 406 valence electrons. The number of anilines is 12. The molecule has 0 saturated heterocycles. The predicted octanol–water partition coefficient (Wildman–Crippen LogP) is 13.2. The van der Waals surface area contributed by atoms with Crippen molar-refractivity contribution in [3.63, 3.8) is 0 Å². The Labute approximate surface area is 523 Å². The standard InChI is InChI=1S/C78H50B2N4SSe2/c1-7-25-52(26-8-1)81(53-27-9-2-10-28-53)58-46-68-75-72(48-58)86-77-64(79(75)62-38-20-22-40-66(62)83(68)56-33-15-5-16-34-56)50-65-78(74(77)51-43-44-71-61(45-51)60-37-19-24-42-70(60)85-71)87-73-49-59(82(54-29-11-3-12-30-54)55-31-13-4-14-32-55)47-69-76(73)80(65)63-39-21-23-41-67(63)84(69)57-35-17-6-18-36-57/h1-50H. The van der Waals surface area contributed by atoms with Crippen LogP contribution in [0.1, 0.15) is 0 Å². The molecule has 0 saturated carbocycles. The first-order chi connectivity index (χ1) is 43.2. The molecule has 0 atom stereocenters. The van der Waals surface area contributed by atoms with E-state index in [1.54, 1.807) is 0 Å². The average molecular weight is 1250 g/mol. The third kappa shape index (κ3) is 8.12. The van der Waals surface area contributed by atoms with Gasteiger partial charge in [0.2, 0.25) is 0 Å². The van der Waals surface area contributed by atoms with Crippen molar-refractivity contribution < 1.29 is 0 Å². The molecule has 0 spiro atoms. The Morgan fingerprint density at radius 2 is 0.690 bits per heavy atom. The Bertz CT molecular complexity index is 4700. The molecule has 0 radical (unpaired) electrons. The number of hydrogen-bond donors (Lipinski definition) is 0.